The Morgan fingerprint density at radius 1 is 1.25 bits per heavy atom. The molecule has 1 amide bonds. The molecule has 0 aliphatic heterocycles. The van der Waals surface area contributed by atoms with Crippen molar-refractivity contribution in [3.63, 3.8) is 0 Å². The van der Waals surface area contributed by atoms with Crippen molar-refractivity contribution < 1.29 is 14.7 Å². The van der Waals surface area contributed by atoms with Crippen molar-refractivity contribution in [3.8, 4) is 0 Å². The maximum atomic E-state index is 12.3. The quantitative estimate of drug-likeness (QED) is 0.712. The monoisotopic (exact) mass is 392 g/mol. The molecule has 1 aromatic heterocycles. The molecule has 8 nitrogen and oxygen atoms in total. The van der Waals surface area contributed by atoms with Gasteiger partial charge in [-0.1, -0.05) is 15.9 Å². The average molecular weight is 393 g/mol. The molecule has 24 heavy (non-hydrogen) atoms. The van der Waals surface area contributed by atoms with E-state index in [2.05, 4.69) is 31.7 Å². The first-order chi connectivity index (χ1) is 11.5. The summed E-state index contributed by atoms with van der Waals surface area (Å²) in [6.07, 6.45) is 2.84. The molecule has 0 unspecified atom stereocenters. The number of halogens is 1. The Morgan fingerprint density at radius 3 is 2.50 bits per heavy atom. The Labute approximate surface area is 144 Å². The summed E-state index contributed by atoms with van der Waals surface area (Å²) in [7, 11) is 0. The summed E-state index contributed by atoms with van der Waals surface area (Å²) in [4.78, 5) is 39.7. The largest absolute Gasteiger partial charge is 0.477 e. The number of nitrogens with one attached hydrogen (secondary N) is 2. The summed E-state index contributed by atoms with van der Waals surface area (Å²) in [6.45, 7) is 0. The molecule has 1 saturated carbocycles. The number of carboxylic acid groups (broad SMARTS) is 1. The predicted molar refractivity (Wildman–Crippen MR) is 89.9 cm³/mol. The minimum Gasteiger partial charge on any atom is -0.477 e. The second kappa shape index (κ2) is 6.44. The zero-order valence-corrected chi connectivity index (χ0v) is 13.9. The topological polar surface area (TPSA) is 113 Å². The van der Waals surface area contributed by atoms with Gasteiger partial charge in [0.2, 0.25) is 5.95 Å². The number of carbonyl (C=O) groups is 2. The fourth-order valence-electron chi connectivity index (χ4n) is 1.99. The van der Waals surface area contributed by atoms with Crippen LogP contribution >= 0.6 is 15.9 Å². The van der Waals surface area contributed by atoms with Crippen LogP contribution in [0.4, 0.5) is 5.95 Å². The van der Waals surface area contributed by atoms with E-state index in [0.29, 0.717) is 5.56 Å². The molecule has 1 aliphatic rings. The zero-order valence-electron chi connectivity index (χ0n) is 12.3. The molecule has 0 atom stereocenters. The minimum atomic E-state index is -1.41. The van der Waals surface area contributed by atoms with E-state index in [0.717, 1.165) is 28.2 Å². The van der Waals surface area contributed by atoms with Gasteiger partial charge in [-0.25, -0.2) is 9.78 Å². The molecule has 1 aromatic carbocycles. The van der Waals surface area contributed by atoms with Gasteiger partial charge < -0.3 is 10.4 Å². The molecule has 1 aliphatic carbocycles. The fraction of sp³-hybridized carbons (Fsp3) is 0.200. The van der Waals surface area contributed by atoms with E-state index in [1.165, 1.54) is 0 Å². The number of benzene rings is 1. The zero-order chi connectivity index (χ0) is 17.3. The molecule has 0 radical (unpaired) electrons. The van der Waals surface area contributed by atoms with Gasteiger partial charge in [0.25, 0.3) is 11.5 Å². The van der Waals surface area contributed by atoms with E-state index in [1.54, 1.807) is 24.3 Å². The second-order valence-electron chi connectivity index (χ2n) is 5.31. The normalized spacial score (nSPS) is 13.4. The minimum absolute atomic E-state index is 0.109. The van der Waals surface area contributed by atoms with Gasteiger partial charge in [-0.05, 0) is 37.1 Å². The molecular formula is C15H13BrN4O4. The highest BCUT2D eigenvalue weighted by Crippen LogP contribution is 2.23. The summed E-state index contributed by atoms with van der Waals surface area (Å²) in [6, 6.07) is 6.70. The number of hydrogen-bond acceptors (Lipinski definition) is 5. The van der Waals surface area contributed by atoms with Crippen molar-refractivity contribution in [1.82, 2.24) is 9.66 Å². The molecule has 2 aromatic rings. The fourth-order valence-corrected chi connectivity index (χ4v) is 2.25. The van der Waals surface area contributed by atoms with Gasteiger partial charge in [0.15, 0.2) is 0 Å². The van der Waals surface area contributed by atoms with Crippen LogP contribution in [0.5, 0.6) is 0 Å². The van der Waals surface area contributed by atoms with Crippen LogP contribution in [-0.4, -0.2) is 32.7 Å². The van der Waals surface area contributed by atoms with Crippen LogP contribution in [0.1, 0.15) is 33.6 Å². The highest BCUT2D eigenvalue weighted by molar-refractivity contribution is 9.10. The molecule has 124 valence electrons. The highest BCUT2D eigenvalue weighted by Gasteiger charge is 2.25. The molecule has 1 fully saturated rings. The van der Waals surface area contributed by atoms with Crippen molar-refractivity contribution >= 4 is 33.8 Å². The van der Waals surface area contributed by atoms with Crippen LogP contribution in [0, 0.1) is 0 Å². The molecule has 3 N–H and O–H groups in total. The molecule has 0 saturated heterocycles. The first-order valence-electron chi connectivity index (χ1n) is 7.14. The standard InChI is InChI=1S/C15H13BrN4O4/c16-9-3-1-8(2-4-9)12(21)19-20-13(22)11(14(23)24)7-17-15(20)18-10-5-6-10/h1-4,7,10H,5-6H2,(H,17,18)(H,19,21)(H,23,24). The van der Waals surface area contributed by atoms with Crippen LogP contribution < -0.4 is 16.3 Å². The summed E-state index contributed by atoms with van der Waals surface area (Å²) in [5.41, 5.74) is 1.35. The lowest BCUT2D eigenvalue weighted by atomic mass is 10.2. The number of nitrogens with zero attached hydrogens (tertiary/aromatic N) is 2. The van der Waals surface area contributed by atoms with Gasteiger partial charge >= 0.3 is 5.97 Å². The first kappa shape index (κ1) is 16.2. The molecule has 3 rings (SSSR count). The van der Waals surface area contributed by atoms with Crippen LogP contribution in [-0.2, 0) is 0 Å². The van der Waals surface area contributed by atoms with Crippen LogP contribution in [0.25, 0.3) is 0 Å². The van der Waals surface area contributed by atoms with Gasteiger partial charge in [-0.3, -0.25) is 15.0 Å². The number of carbonyl (C=O) groups excluding carboxylic acids is 1. The highest BCUT2D eigenvalue weighted by atomic mass is 79.9. The summed E-state index contributed by atoms with van der Waals surface area (Å²) < 4.78 is 1.65. The van der Waals surface area contributed by atoms with Crippen molar-refractivity contribution in [2.75, 3.05) is 10.7 Å². The third-order valence-electron chi connectivity index (χ3n) is 3.42. The lowest BCUT2D eigenvalue weighted by Crippen LogP contribution is -2.38. The molecular weight excluding hydrogens is 380 g/mol. The van der Waals surface area contributed by atoms with Crippen LogP contribution in [0.3, 0.4) is 0 Å². The first-order valence-corrected chi connectivity index (χ1v) is 7.94. The maximum absolute atomic E-state index is 12.3. The lowest BCUT2D eigenvalue weighted by molar-refractivity contribution is 0.0693. The van der Waals surface area contributed by atoms with E-state index in [-0.39, 0.29) is 12.0 Å². The number of hydrogen-bond donors (Lipinski definition) is 3. The summed E-state index contributed by atoms with van der Waals surface area (Å²) in [5.74, 6) is -1.84. The third kappa shape index (κ3) is 3.46. The van der Waals surface area contributed by atoms with Crippen LogP contribution in [0.2, 0.25) is 0 Å². The number of anilines is 1. The number of aromatic carboxylic acids is 1. The van der Waals surface area contributed by atoms with E-state index in [1.807, 2.05) is 0 Å². The molecule has 9 heteroatoms. The van der Waals surface area contributed by atoms with E-state index in [4.69, 9.17) is 5.11 Å². The molecule has 0 spiro atoms. The van der Waals surface area contributed by atoms with Gasteiger partial charge in [0.1, 0.15) is 5.56 Å². The van der Waals surface area contributed by atoms with E-state index >= 15 is 0 Å². The Morgan fingerprint density at radius 2 is 1.92 bits per heavy atom. The van der Waals surface area contributed by atoms with E-state index < -0.39 is 23.0 Å². The number of carboxylic acids is 1. The lowest BCUT2D eigenvalue weighted by Gasteiger charge is -2.14. The summed E-state index contributed by atoms with van der Waals surface area (Å²) >= 11 is 3.27. The number of amides is 1. The number of aromatic nitrogens is 2. The van der Waals surface area contributed by atoms with Crippen molar-refractivity contribution in [2.45, 2.75) is 18.9 Å². The molecule has 0 bridgehead atoms. The average Bonchev–Trinajstić information content (AvgIpc) is 3.35. The molecule has 1 heterocycles. The Balaban J connectivity index is 1.95. The SMILES string of the molecule is O=C(Nn1c(NC2CC2)ncc(C(=O)O)c1=O)c1ccc(Br)cc1. The number of rotatable bonds is 5. The third-order valence-corrected chi connectivity index (χ3v) is 3.95. The van der Waals surface area contributed by atoms with E-state index in [9.17, 15) is 14.4 Å². The Hall–Kier alpha value is -2.68. The smallest absolute Gasteiger partial charge is 0.343 e. The maximum Gasteiger partial charge on any atom is 0.343 e. The Bertz CT molecular complexity index is 859. The second-order valence-corrected chi connectivity index (χ2v) is 6.22. The van der Waals surface area contributed by atoms with Crippen molar-refractivity contribution in [2.24, 2.45) is 0 Å². The van der Waals surface area contributed by atoms with Crippen molar-refractivity contribution in [1.29, 1.82) is 0 Å². The van der Waals surface area contributed by atoms with Gasteiger partial charge in [0, 0.05) is 16.1 Å². The Kier molecular flexibility index (Phi) is 4.34. The van der Waals surface area contributed by atoms with Gasteiger partial charge in [-0.15, -0.1) is 0 Å². The predicted octanol–water partition coefficient (Wildman–Crippen LogP) is 1.66. The van der Waals surface area contributed by atoms with Gasteiger partial charge in [0.05, 0.1) is 6.20 Å². The summed E-state index contributed by atoms with van der Waals surface area (Å²) in [5, 5.41) is 12.1. The van der Waals surface area contributed by atoms with Crippen molar-refractivity contribution in [3.05, 3.63) is 56.4 Å². The van der Waals surface area contributed by atoms with Crippen LogP contribution in [0.15, 0.2) is 39.7 Å². The van der Waals surface area contributed by atoms with Gasteiger partial charge in [-0.2, -0.15) is 4.68 Å².